The third kappa shape index (κ3) is 2.88. The molecule has 5 nitrogen and oxygen atoms in total. The molecule has 7 heteroatoms. The number of hydrogen-bond donors (Lipinski definition) is 2. The molecule has 0 radical (unpaired) electrons. The lowest BCUT2D eigenvalue weighted by molar-refractivity contribution is 0.554. The van der Waals surface area contributed by atoms with Crippen molar-refractivity contribution in [3.05, 3.63) is 29.3 Å². The van der Waals surface area contributed by atoms with Crippen molar-refractivity contribution in [2.24, 2.45) is 0 Å². The van der Waals surface area contributed by atoms with Crippen molar-refractivity contribution in [3.63, 3.8) is 0 Å². The van der Waals surface area contributed by atoms with E-state index in [9.17, 15) is 8.42 Å². The van der Waals surface area contributed by atoms with Gasteiger partial charge in [0.2, 0.25) is 0 Å². The van der Waals surface area contributed by atoms with E-state index in [1.165, 1.54) is 0 Å². The van der Waals surface area contributed by atoms with E-state index in [0.29, 0.717) is 18.7 Å². The van der Waals surface area contributed by atoms with E-state index in [-0.39, 0.29) is 11.8 Å². The van der Waals surface area contributed by atoms with Crippen molar-refractivity contribution in [2.75, 3.05) is 11.5 Å². The van der Waals surface area contributed by atoms with E-state index in [4.69, 9.17) is 0 Å². The van der Waals surface area contributed by atoms with Gasteiger partial charge in [-0.3, -0.25) is 5.10 Å². The highest BCUT2D eigenvalue weighted by molar-refractivity contribution is 7.91. The predicted octanol–water partition coefficient (Wildman–Crippen LogP) is 1.41. The minimum atomic E-state index is -2.82. The maximum Gasteiger partial charge on any atom is 0.151 e. The molecule has 3 rings (SSSR count). The predicted molar refractivity (Wildman–Crippen MR) is 75.8 cm³/mol. The first-order valence-electron chi connectivity index (χ1n) is 6.14. The Morgan fingerprint density at radius 1 is 1.53 bits per heavy atom. The Balaban J connectivity index is 1.67. The lowest BCUT2D eigenvalue weighted by Gasteiger charge is -2.10. The Hall–Kier alpha value is -1.18. The van der Waals surface area contributed by atoms with Crippen LogP contribution in [-0.2, 0) is 16.4 Å². The smallest absolute Gasteiger partial charge is 0.151 e. The monoisotopic (exact) mass is 297 g/mol. The van der Waals surface area contributed by atoms with E-state index < -0.39 is 9.84 Å². The molecule has 2 N–H and O–H groups in total. The van der Waals surface area contributed by atoms with Gasteiger partial charge in [-0.1, -0.05) is 6.07 Å². The number of aromatic nitrogens is 2. The van der Waals surface area contributed by atoms with Gasteiger partial charge < -0.3 is 5.32 Å². The zero-order chi connectivity index (χ0) is 13.3. The molecule has 1 aliphatic rings. The van der Waals surface area contributed by atoms with Crippen LogP contribution in [0.4, 0.5) is 0 Å². The number of hydrogen-bond acceptors (Lipinski definition) is 5. The molecule has 1 saturated heterocycles. The summed E-state index contributed by atoms with van der Waals surface area (Å²) in [5.74, 6) is 0.549. The summed E-state index contributed by atoms with van der Waals surface area (Å²) in [5, 5.41) is 12.4. The van der Waals surface area contributed by atoms with Gasteiger partial charge >= 0.3 is 0 Å². The zero-order valence-electron chi connectivity index (χ0n) is 10.3. The normalized spacial score (nSPS) is 21.8. The summed E-state index contributed by atoms with van der Waals surface area (Å²) in [5.41, 5.74) is 2.09. The number of nitrogens with one attached hydrogen (secondary N) is 2. The Morgan fingerprint density at radius 2 is 2.42 bits per heavy atom. The summed E-state index contributed by atoms with van der Waals surface area (Å²) >= 11 is 1.66. The van der Waals surface area contributed by atoms with Crippen molar-refractivity contribution in [2.45, 2.75) is 19.0 Å². The van der Waals surface area contributed by atoms with Gasteiger partial charge in [0.05, 0.1) is 28.3 Å². The van der Waals surface area contributed by atoms with Crippen LogP contribution in [0.15, 0.2) is 23.7 Å². The fourth-order valence-electron chi connectivity index (χ4n) is 2.29. The molecule has 2 aromatic heterocycles. The average molecular weight is 297 g/mol. The molecule has 1 fully saturated rings. The molecular weight excluding hydrogens is 282 g/mol. The molecule has 0 aromatic carbocycles. The largest absolute Gasteiger partial charge is 0.309 e. The van der Waals surface area contributed by atoms with Gasteiger partial charge in [0.1, 0.15) is 0 Å². The Bertz CT molecular complexity index is 646. The molecule has 0 spiro atoms. The number of nitrogens with zero attached hydrogens (tertiary/aromatic N) is 1. The van der Waals surface area contributed by atoms with E-state index in [1.807, 2.05) is 17.5 Å². The summed E-state index contributed by atoms with van der Waals surface area (Å²) in [6.45, 7) is 0.643. The van der Waals surface area contributed by atoms with Crippen molar-refractivity contribution < 1.29 is 8.42 Å². The van der Waals surface area contributed by atoms with Crippen LogP contribution in [0.5, 0.6) is 0 Å². The quantitative estimate of drug-likeness (QED) is 0.895. The fraction of sp³-hybridized carbons (Fsp3) is 0.417. The van der Waals surface area contributed by atoms with Gasteiger partial charge in [-0.05, 0) is 17.9 Å². The van der Waals surface area contributed by atoms with E-state index in [1.54, 1.807) is 17.5 Å². The highest BCUT2D eigenvalue weighted by Gasteiger charge is 2.27. The van der Waals surface area contributed by atoms with Gasteiger partial charge in [-0.2, -0.15) is 5.10 Å². The second kappa shape index (κ2) is 5.07. The lowest BCUT2D eigenvalue weighted by Crippen LogP contribution is -2.29. The number of sulfone groups is 1. The summed E-state index contributed by atoms with van der Waals surface area (Å²) in [7, 11) is -2.82. The third-order valence-corrected chi connectivity index (χ3v) is 5.95. The molecule has 0 bridgehead atoms. The topological polar surface area (TPSA) is 74.8 Å². The third-order valence-electron chi connectivity index (χ3n) is 3.30. The summed E-state index contributed by atoms with van der Waals surface area (Å²) in [6.07, 6.45) is 2.50. The van der Waals surface area contributed by atoms with Crippen LogP contribution in [0.25, 0.3) is 10.6 Å². The molecule has 1 atom stereocenters. The molecule has 1 unspecified atom stereocenters. The van der Waals surface area contributed by atoms with Crippen LogP contribution < -0.4 is 5.32 Å². The molecule has 0 aliphatic carbocycles. The van der Waals surface area contributed by atoms with Crippen LogP contribution in [0.1, 0.15) is 12.0 Å². The minimum absolute atomic E-state index is 0.0658. The molecule has 0 saturated carbocycles. The van der Waals surface area contributed by atoms with Gasteiger partial charge in [-0.25, -0.2) is 8.42 Å². The SMILES string of the molecule is O=S1(=O)CCC(NCc2cn[nH]c2-c2cccs2)C1. The number of thiophene rings is 1. The van der Waals surface area contributed by atoms with Crippen LogP contribution in [0.2, 0.25) is 0 Å². The minimum Gasteiger partial charge on any atom is -0.309 e. The Labute approximate surface area is 116 Å². The number of aromatic amines is 1. The van der Waals surface area contributed by atoms with Crippen molar-refractivity contribution in [1.82, 2.24) is 15.5 Å². The second-order valence-electron chi connectivity index (χ2n) is 4.73. The lowest BCUT2D eigenvalue weighted by atomic mass is 10.2. The van der Waals surface area contributed by atoms with Crippen LogP contribution in [0, 0.1) is 0 Å². The zero-order valence-corrected chi connectivity index (χ0v) is 11.9. The van der Waals surface area contributed by atoms with Crippen molar-refractivity contribution in [1.29, 1.82) is 0 Å². The van der Waals surface area contributed by atoms with Gasteiger partial charge in [0.15, 0.2) is 9.84 Å². The summed E-state index contributed by atoms with van der Waals surface area (Å²) < 4.78 is 22.8. The highest BCUT2D eigenvalue weighted by atomic mass is 32.2. The highest BCUT2D eigenvalue weighted by Crippen LogP contribution is 2.25. The number of H-pyrrole nitrogens is 1. The van der Waals surface area contributed by atoms with E-state index in [2.05, 4.69) is 15.5 Å². The van der Waals surface area contributed by atoms with Crippen LogP contribution in [-0.4, -0.2) is 36.2 Å². The molecule has 2 aromatic rings. The van der Waals surface area contributed by atoms with Crippen LogP contribution in [0.3, 0.4) is 0 Å². The van der Waals surface area contributed by atoms with Gasteiger partial charge in [0.25, 0.3) is 0 Å². The average Bonchev–Trinajstić information content (AvgIpc) is 3.04. The van der Waals surface area contributed by atoms with Gasteiger partial charge in [0, 0.05) is 18.2 Å². The van der Waals surface area contributed by atoms with E-state index >= 15 is 0 Å². The maximum atomic E-state index is 11.4. The Morgan fingerprint density at radius 3 is 3.11 bits per heavy atom. The van der Waals surface area contributed by atoms with Crippen LogP contribution >= 0.6 is 11.3 Å². The summed E-state index contributed by atoms with van der Waals surface area (Å²) in [4.78, 5) is 1.15. The first-order chi connectivity index (χ1) is 9.14. The fourth-order valence-corrected chi connectivity index (χ4v) is 4.75. The van der Waals surface area contributed by atoms with E-state index in [0.717, 1.165) is 16.1 Å². The molecular formula is C12H15N3O2S2. The second-order valence-corrected chi connectivity index (χ2v) is 7.90. The standard InChI is InChI=1S/C12H15N3O2S2/c16-19(17)5-3-10(8-19)13-6-9-7-14-15-12(9)11-2-1-4-18-11/h1-2,4,7,10,13H,3,5-6,8H2,(H,14,15). The van der Waals surface area contributed by atoms with Crippen molar-refractivity contribution >= 4 is 21.2 Å². The van der Waals surface area contributed by atoms with Gasteiger partial charge in [-0.15, -0.1) is 11.3 Å². The molecule has 19 heavy (non-hydrogen) atoms. The van der Waals surface area contributed by atoms with Crippen molar-refractivity contribution in [3.8, 4) is 10.6 Å². The first kappa shape index (κ1) is 12.8. The summed E-state index contributed by atoms with van der Waals surface area (Å²) in [6, 6.07) is 4.11. The molecule has 102 valence electrons. The molecule has 0 amide bonds. The first-order valence-corrected chi connectivity index (χ1v) is 8.84. The maximum absolute atomic E-state index is 11.4. The molecule has 1 aliphatic heterocycles. The molecule has 3 heterocycles. The Kier molecular flexibility index (Phi) is 3.42. The number of rotatable bonds is 4.